The number of benzene rings is 1. The molecular formula is C13H9BrFN3O2. The Morgan fingerprint density at radius 1 is 1.50 bits per heavy atom. The highest BCUT2D eigenvalue weighted by Crippen LogP contribution is 2.27. The second kappa shape index (κ2) is 5.06. The molecular weight excluding hydrogens is 329 g/mol. The second-order valence-corrected chi connectivity index (χ2v) is 4.93. The highest BCUT2D eigenvalue weighted by molar-refractivity contribution is 9.10. The fraction of sp³-hybridized carbons (Fsp3) is 0.154. The van der Waals surface area contributed by atoms with Gasteiger partial charge in [0.1, 0.15) is 17.3 Å². The van der Waals surface area contributed by atoms with E-state index in [1.165, 1.54) is 16.8 Å². The lowest BCUT2D eigenvalue weighted by Crippen LogP contribution is -2.05. The van der Waals surface area contributed by atoms with E-state index < -0.39 is 11.8 Å². The van der Waals surface area contributed by atoms with Crippen LogP contribution in [0.25, 0.3) is 5.69 Å². The fourth-order valence-corrected chi connectivity index (χ4v) is 2.40. The van der Waals surface area contributed by atoms with Gasteiger partial charge < -0.3 is 5.11 Å². The molecule has 5 nitrogen and oxygen atoms in total. The number of carboxylic acids is 1. The third-order valence-electron chi connectivity index (χ3n) is 2.92. The van der Waals surface area contributed by atoms with Crippen molar-refractivity contribution < 1.29 is 14.3 Å². The summed E-state index contributed by atoms with van der Waals surface area (Å²) in [6, 6.07) is 4.69. The number of halogens is 2. The third-order valence-corrected chi connectivity index (χ3v) is 3.69. The Kier molecular flexibility index (Phi) is 3.59. The molecule has 0 saturated carbocycles. The van der Waals surface area contributed by atoms with Crippen molar-refractivity contribution in [1.29, 1.82) is 5.26 Å². The zero-order valence-corrected chi connectivity index (χ0v) is 12.2. The van der Waals surface area contributed by atoms with Crippen molar-refractivity contribution >= 4 is 21.9 Å². The van der Waals surface area contributed by atoms with Crippen molar-refractivity contribution in [1.82, 2.24) is 9.78 Å². The molecule has 0 bridgehead atoms. The van der Waals surface area contributed by atoms with Crippen molar-refractivity contribution in [2.45, 2.75) is 13.8 Å². The SMILES string of the molecule is Cc1nn(-c2ccc(C#N)c(Br)c2F)c(C)c1C(=O)O. The first kappa shape index (κ1) is 14.2. The molecule has 0 saturated heterocycles. The zero-order chi connectivity index (χ0) is 15.0. The molecule has 0 atom stereocenters. The fourth-order valence-electron chi connectivity index (χ4n) is 1.98. The molecule has 1 aromatic heterocycles. The summed E-state index contributed by atoms with van der Waals surface area (Å²) >= 11 is 3.01. The molecule has 0 amide bonds. The normalized spacial score (nSPS) is 10.3. The number of rotatable bonds is 2. The van der Waals surface area contributed by atoms with Crippen LogP contribution in [-0.4, -0.2) is 20.9 Å². The van der Waals surface area contributed by atoms with Gasteiger partial charge >= 0.3 is 5.97 Å². The van der Waals surface area contributed by atoms with Gasteiger partial charge in [-0.2, -0.15) is 10.4 Å². The average molecular weight is 338 g/mol. The van der Waals surface area contributed by atoms with Crippen LogP contribution in [0, 0.1) is 31.0 Å². The summed E-state index contributed by atoms with van der Waals surface area (Å²) in [5, 5.41) is 22.0. The Labute approximate surface area is 122 Å². The molecule has 0 spiro atoms. The maximum Gasteiger partial charge on any atom is 0.339 e. The summed E-state index contributed by atoms with van der Waals surface area (Å²) in [5.41, 5.74) is 0.917. The molecule has 2 aromatic rings. The van der Waals surface area contributed by atoms with Crippen LogP contribution in [0.2, 0.25) is 0 Å². The highest BCUT2D eigenvalue weighted by Gasteiger charge is 2.21. The Balaban J connectivity index is 2.71. The monoisotopic (exact) mass is 337 g/mol. The number of aromatic nitrogens is 2. The minimum Gasteiger partial charge on any atom is -0.478 e. The summed E-state index contributed by atoms with van der Waals surface area (Å²) in [4.78, 5) is 11.1. The Morgan fingerprint density at radius 3 is 2.65 bits per heavy atom. The van der Waals surface area contributed by atoms with Crippen LogP contribution in [0.5, 0.6) is 0 Å². The Morgan fingerprint density at radius 2 is 2.15 bits per heavy atom. The number of nitrogens with zero attached hydrogens (tertiary/aromatic N) is 3. The van der Waals surface area contributed by atoms with Gasteiger partial charge in [-0.1, -0.05) is 0 Å². The number of hydrogen-bond donors (Lipinski definition) is 1. The molecule has 20 heavy (non-hydrogen) atoms. The van der Waals surface area contributed by atoms with Gasteiger partial charge in [-0.15, -0.1) is 0 Å². The summed E-state index contributed by atoms with van der Waals surface area (Å²) in [6.07, 6.45) is 0. The third kappa shape index (κ3) is 2.08. The molecule has 7 heteroatoms. The lowest BCUT2D eigenvalue weighted by molar-refractivity contribution is 0.0695. The van der Waals surface area contributed by atoms with E-state index in [1.54, 1.807) is 13.8 Å². The quantitative estimate of drug-likeness (QED) is 0.913. The standard InChI is InChI=1S/C13H9BrFN3O2/c1-6-10(13(19)20)7(2)18(17-6)9-4-3-8(5-16)11(14)12(9)15/h3-4H,1-2H3,(H,19,20). The van der Waals surface area contributed by atoms with E-state index in [1.807, 2.05) is 6.07 Å². The van der Waals surface area contributed by atoms with Crippen LogP contribution in [-0.2, 0) is 0 Å². The molecule has 1 heterocycles. The van der Waals surface area contributed by atoms with E-state index in [0.29, 0.717) is 11.4 Å². The van der Waals surface area contributed by atoms with Crippen LogP contribution < -0.4 is 0 Å². The predicted molar refractivity (Wildman–Crippen MR) is 72.4 cm³/mol. The smallest absolute Gasteiger partial charge is 0.339 e. The average Bonchev–Trinajstić information content (AvgIpc) is 2.68. The lowest BCUT2D eigenvalue weighted by atomic mass is 10.2. The van der Waals surface area contributed by atoms with E-state index >= 15 is 0 Å². The molecule has 0 radical (unpaired) electrons. The van der Waals surface area contributed by atoms with E-state index in [9.17, 15) is 9.18 Å². The maximum absolute atomic E-state index is 14.3. The number of carbonyl (C=O) groups is 1. The van der Waals surface area contributed by atoms with Crippen LogP contribution in [0.1, 0.15) is 27.3 Å². The molecule has 2 rings (SSSR count). The molecule has 102 valence electrons. The molecule has 0 unspecified atom stereocenters. The number of aromatic carboxylic acids is 1. The molecule has 0 aliphatic rings. The number of nitriles is 1. The van der Waals surface area contributed by atoms with Gasteiger partial charge in [0.25, 0.3) is 0 Å². The summed E-state index contributed by atoms with van der Waals surface area (Å²) in [7, 11) is 0. The highest BCUT2D eigenvalue weighted by atomic mass is 79.9. The topological polar surface area (TPSA) is 78.9 Å². The van der Waals surface area contributed by atoms with Crippen molar-refractivity contribution in [3.63, 3.8) is 0 Å². The van der Waals surface area contributed by atoms with E-state index in [2.05, 4.69) is 21.0 Å². The van der Waals surface area contributed by atoms with Crippen LogP contribution in [0.3, 0.4) is 0 Å². The predicted octanol–water partition coefficient (Wildman–Crippen LogP) is 2.96. The first-order valence-electron chi connectivity index (χ1n) is 5.56. The minimum absolute atomic E-state index is 0.0296. The zero-order valence-electron chi connectivity index (χ0n) is 10.6. The molecule has 1 N–H and O–H groups in total. The van der Waals surface area contributed by atoms with Crippen molar-refractivity contribution in [3.8, 4) is 11.8 Å². The van der Waals surface area contributed by atoms with Gasteiger partial charge in [-0.05, 0) is 41.9 Å². The Hall–Kier alpha value is -2.20. The van der Waals surface area contributed by atoms with E-state index in [0.717, 1.165) is 0 Å². The number of carboxylic acid groups (broad SMARTS) is 1. The first-order valence-corrected chi connectivity index (χ1v) is 6.35. The van der Waals surface area contributed by atoms with Gasteiger partial charge in [-0.25, -0.2) is 13.9 Å². The van der Waals surface area contributed by atoms with E-state index in [4.69, 9.17) is 10.4 Å². The molecule has 1 aromatic carbocycles. The molecule has 0 aliphatic heterocycles. The summed E-state index contributed by atoms with van der Waals surface area (Å²) < 4.78 is 15.5. The summed E-state index contributed by atoms with van der Waals surface area (Å²) in [5.74, 6) is -1.77. The van der Waals surface area contributed by atoms with Crippen LogP contribution in [0.4, 0.5) is 4.39 Å². The second-order valence-electron chi connectivity index (χ2n) is 4.13. The van der Waals surface area contributed by atoms with Gasteiger partial charge in [0, 0.05) is 0 Å². The number of hydrogen-bond acceptors (Lipinski definition) is 3. The van der Waals surface area contributed by atoms with Gasteiger partial charge in [0.15, 0.2) is 5.82 Å². The first-order chi connectivity index (χ1) is 9.38. The van der Waals surface area contributed by atoms with E-state index in [-0.39, 0.29) is 21.3 Å². The Bertz CT molecular complexity index is 762. The van der Waals surface area contributed by atoms with Crippen LogP contribution in [0.15, 0.2) is 16.6 Å². The number of aryl methyl sites for hydroxylation is 1. The van der Waals surface area contributed by atoms with Crippen molar-refractivity contribution in [2.24, 2.45) is 0 Å². The lowest BCUT2D eigenvalue weighted by Gasteiger charge is -2.08. The molecule has 0 aliphatic carbocycles. The van der Waals surface area contributed by atoms with Gasteiger partial charge in [-0.3, -0.25) is 0 Å². The maximum atomic E-state index is 14.3. The minimum atomic E-state index is -1.11. The molecule has 0 fully saturated rings. The van der Waals surface area contributed by atoms with Crippen molar-refractivity contribution in [3.05, 3.63) is 44.9 Å². The van der Waals surface area contributed by atoms with Crippen molar-refractivity contribution in [2.75, 3.05) is 0 Å². The summed E-state index contributed by atoms with van der Waals surface area (Å²) in [6.45, 7) is 3.10. The largest absolute Gasteiger partial charge is 0.478 e. The van der Waals surface area contributed by atoms with Gasteiger partial charge in [0.2, 0.25) is 0 Å². The van der Waals surface area contributed by atoms with Gasteiger partial charge in [0.05, 0.1) is 21.4 Å². The van der Waals surface area contributed by atoms with Crippen LogP contribution >= 0.6 is 15.9 Å².